The third-order valence-corrected chi connectivity index (χ3v) is 6.21. The van der Waals surface area contributed by atoms with Crippen molar-refractivity contribution in [2.24, 2.45) is 0 Å². The zero-order chi connectivity index (χ0) is 22.9. The van der Waals surface area contributed by atoms with Crippen molar-refractivity contribution < 1.29 is 14.7 Å². The van der Waals surface area contributed by atoms with E-state index in [4.69, 9.17) is 16.7 Å². The first-order valence-corrected chi connectivity index (χ1v) is 11.2. The van der Waals surface area contributed by atoms with Gasteiger partial charge >= 0.3 is 5.97 Å². The SMILES string of the molecule is O=C(O)CCC(=O)c1cccn2c(-c3ccc(Nc4nc5ccc(Cl)cc5s4)cc3)nnc12. The molecule has 3 aromatic heterocycles. The number of carboxylic acids is 1. The lowest BCUT2D eigenvalue weighted by atomic mass is 10.1. The lowest BCUT2D eigenvalue weighted by molar-refractivity contribution is -0.136. The summed E-state index contributed by atoms with van der Waals surface area (Å²) in [4.78, 5) is 27.8. The van der Waals surface area contributed by atoms with Crippen molar-refractivity contribution in [3.05, 3.63) is 71.4 Å². The Morgan fingerprint density at radius 1 is 1.06 bits per heavy atom. The summed E-state index contributed by atoms with van der Waals surface area (Å²) in [6, 6.07) is 16.6. The zero-order valence-electron chi connectivity index (χ0n) is 17.0. The number of carboxylic acid groups (broad SMARTS) is 1. The molecular weight excluding hydrogens is 462 g/mol. The number of Topliss-reactive ketones (excluding diaryl/α,β-unsaturated/α-hetero) is 1. The smallest absolute Gasteiger partial charge is 0.303 e. The lowest BCUT2D eigenvalue weighted by Crippen LogP contribution is -2.06. The molecule has 33 heavy (non-hydrogen) atoms. The molecule has 0 saturated carbocycles. The number of ketones is 1. The number of nitrogens with zero attached hydrogens (tertiary/aromatic N) is 4. The number of aromatic nitrogens is 4. The molecule has 0 aliphatic rings. The molecule has 2 aromatic carbocycles. The molecular formula is C23H16ClN5O3S. The number of carbonyl (C=O) groups is 2. The topological polar surface area (TPSA) is 109 Å². The molecule has 0 spiro atoms. The van der Waals surface area contributed by atoms with Crippen LogP contribution >= 0.6 is 22.9 Å². The van der Waals surface area contributed by atoms with Crippen LogP contribution in [0.25, 0.3) is 27.3 Å². The number of pyridine rings is 1. The van der Waals surface area contributed by atoms with Gasteiger partial charge in [0.2, 0.25) is 0 Å². The summed E-state index contributed by atoms with van der Waals surface area (Å²) in [6.07, 6.45) is 1.46. The van der Waals surface area contributed by atoms with Gasteiger partial charge in [0, 0.05) is 28.9 Å². The quantitative estimate of drug-likeness (QED) is 0.300. The number of benzene rings is 2. The van der Waals surface area contributed by atoms with Crippen molar-refractivity contribution in [2.45, 2.75) is 12.8 Å². The van der Waals surface area contributed by atoms with Crippen LogP contribution in [0.3, 0.4) is 0 Å². The molecule has 5 aromatic rings. The Bertz CT molecular complexity index is 1510. The fraction of sp³-hybridized carbons (Fsp3) is 0.0870. The number of rotatable bonds is 7. The Hall–Kier alpha value is -3.82. The molecule has 3 heterocycles. The number of anilines is 2. The van der Waals surface area contributed by atoms with Crippen molar-refractivity contribution >= 4 is 61.4 Å². The van der Waals surface area contributed by atoms with E-state index in [2.05, 4.69) is 20.5 Å². The van der Waals surface area contributed by atoms with E-state index in [0.717, 1.165) is 26.6 Å². The molecule has 164 valence electrons. The highest BCUT2D eigenvalue weighted by molar-refractivity contribution is 7.22. The van der Waals surface area contributed by atoms with E-state index >= 15 is 0 Å². The summed E-state index contributed by atoms with van der Waals surface area (Å²) < 4.78 is 2.73. The van der Waals surface area contributed by atoms with Crippen molar-refractivity contribution in [3.63, 3.8) is 0 Å². The standard InChI is InChI=1S/C23H16ClN5O3S/c24-14-5-8-17-19(12-14)33-23(26-17)25-15-6-3-13(4-7-15)21-27-28-22-16(2-1-11-29(21)22)18(30)9-10-20(31)32/h1-8,11-12H,9-10H2,(H,25,26)(H,31,32). The first-order chi connectivity index (χ1) is 16.0. The number of hydrogen-bond acceptors (Lipinski definition) is 7. The minimum atomic E-state index is -1.01. The maximum absolute atomic E-state index is 12.4. The van der Waals surface area contributed by atoms with Crippen molar-refractivity contribution in [1.82, 2.24) is 19.6 Å². The molecule has 0 saturated heterocycles. The van der Waals surface area contributed by atoms with Crippen LogP contribution in [0.2, 0.25) is 5.02 Å². The molecule has 0 aliphatic carbocycles. The van der Waals surface area contributed by atoms with Crippen LogP contribution in [0.1, 0.15) is 23.2 Å². The van der Waals surface area contributed by atoms with Crippen LogP contribution in [0.5, 0.6) is 0 Å². The van der Waals surface area contributed by atoms with Crippen molar-refractivity contribution in [3.8, 4) is 11.4 Å². The number of nitrogens with one attached hydrogen (secondary N) is 1. The van der Waals surface area contributed by atoms with Gasteiger partial charge in [-0.25, -0.2) is 4.98 Å². The monoisotopic (exact) mass is 477 g/mol. The van der Waals surface area contributed by atoms with Gasteiger partial charge in [-0.15, -0.1) is 10.2 Å². The summed E-state index contributed by atoms with van der Waals surface area (Å²) in [5.74, 6) is -0.710. The Labute approximate surface area is 196 Å². The first kappa shape index (κ1) is 21.0. The Kier molecular flexibility index (Phi) is 5.49. The number of hydrogen-bond donors (Lipinski definition) is 2. The predicted molar refractivity (Wildman–Crippen MR) is 128 cm³/mol. The normalized spacial score (nSPS) is 11.2. The van der Waals surface area contributed by atoms with Gasteiger partial charge in [0.15, 0.2) is 22.4 Å². The molecule has 5 rings (SSSR count). The molecule has 2 N–H and O–H groups in total. The molecule has 0 amide bonds. The van der Waals surface area contributed by atoms with Gasteiger partial charge in [-0.2, -0.15) is 0 Å². The minimum Gasteiger partial charge on any atom is -0.481 e. The highest BCUT2D eigenvalue weighted by Crippen LogP contribution is 2.31. The van der Waals surface area contributed by atoms with Crippen LogP contribution in [0.15, 0.2) is 60.8 Å². The number of halogens is 1. The second-order valence-corrected chi connectivity index (χ2v) is 8.76. The first-order valence-electron chi connectivity index (χ1n) is 10.0. The van der Waals surface area contributed by atoms with E-state index in [1.807, 2.05) is 42.5 Å². The van der Waals surface area contributed by atoms with Gasteiger partial charge in [0.05, 0.1) is 22.2 Å². The second kappa shape index (κ2) is 8.61. The maximum atomic E-state index is 12.4. The van der Waals surface area contributed by atoms with Crippen LogP contribution in [0.4, 0.5) is 10.8 Å². The Morgan fingerprint density at radius 2 is 1.88 bits per heavy atom. The van der Waals surface area contributed by atoms with E-state index in [-0.39, 0.29) is 18.6 Å². The second-order valence-electron chi connectivity index (χ2n) is 7.29. The van der Waals surface area contributed by atoms with E-state index < -0.39 is 5.97 Å². The molecule has 0 unspecified atom stereocenters. The van der Waals surface area contributed by atoms with E-state index in [1.54, 1.807) is 22.7 Å². The number of thiazole rings is 1. The van der Waals surface area contributed by atoms with Crippen LogP contribution in [-0.2, 0) is 4.79 Å². The zero-order valence-corrected chi connectivity index (χ0v) is 18.6. The lowest BCUT2D eigenvalue weighted by Gasteiger charge is -2.05. The fourth-order valence-corrected chi connectivity index (χ4v) is 4.63. The van der Waals surface area contributed by atoms with Crippen molar-refractivity contribution in [1.29, 1.82) is 0 Å². The Morgan fingerprint density at radius 3 is 2.67 bits per heavy atom. The van der Waals surface area contributed by atoms with Crippen LogP contribution in [0, 0.1) is 0 Å². The van der Waals surface area contributed by atoms with Gasteiger partial charge in [-0.3, -0.25) is 14.0 Å². The molecule has 10 heteroatoms. The Balaban J connectivity index is 1.39. The highest BCUT2D eigenvalue weighted by atomic mass is 35.5. The number of carbonyl (C=O) groups excluding carboxylic acids is 1. The van der Waals surface area contributed by atoms with Gasteiger partial charge in [-0.1, -0.05) is 22.9 Å². The molecule has 0 atom stereocenters. The predicted octanol–water partition coefficient (Wildman–Crippen LogP) is 5.45. The van der Waals surface area contributed by atoms with E-state index in [0.29, 0.717) is 22.1 Å². The summed E-state index contributed by atoms with van der Waals surface area (Å²) in [7, 11) is 0. The minimum absolute atomic E-state index is 0.0878. The summed E-state index contributed by atoms with van der Waals surface area (Å²) >= 11 is 7.57. The van der Waals surface area contributed by atoms with Gasteiger partial charge in [0.25, 0.3) is 0 Å². The largest absolute Gasteiger partial charge is 0.481 e. The van der Waals surface area contributed by atoms with Crippen LogP contribution in [-0.4, -0.2) is 36.4 Å². The molecule has 0 aliphatic heterocycles. The molecule has 8 nitrogen and oxygen atoms in total. The fourth-order valence-electron chi connectivity index (χ4n) is 3.46. The summed E-state index contributed by atoms with van der Waals surface area (Å²) in [5.41, 5.74) is 3.32. The van der Waals surface area contributed by atoms with Crippen LogP contribution < -0.4 is 5.32 Å². The van der Waals surface area contributed by atoms with Gasteiger partial charge in [0.1, 0.15) is 0 Å². The summed E-state index contributed by atoms with van der Waals surface area (Å²) in [6.45, 7) is 0. The molecule has 0 bridgehead atoms. The summed E-state index contributed by atoms with van der Waals surface area (Å²) in [5, 5.41) is 22.0. The van der Waals surface area contributed by atoms with E-state index in [9.17, 15) is 9.59 Å². The van der Waals surface area contributed by atoms with Gasteiger partial charge < -0.3 is 10.4 Å². The number of aliphatic carboxylic acids is 1. The molecule has 0 radical (unpaired) electrons. The number of fused-ring (bicyclic) bond motifs is 2. The average Bonchev–Trinajstić information content (AvgIpc) is 3.41. The maximum Gasteiger partial charge on any atom is 0.303 e. The van der Waals surface area contributed by atoms with Crippen molar-refractivity contribution in [2.75, 3.05) is 5.32 Å². The third-order valence-electron chi connectivity index (χ3n) is 5.05. The van der Waals surface area contributed by atoms with E-state index in [1.165, 1.54) is 11.3 Å². The third kappa shape index (κ3) is 4.28. The molecule has 0 fully saturated rings. The van der Waals surface area contributed by atoms with Gasteiger partial charge in [-0.05, 0) is 54.6 Å². The average molecular weight is 478 g/mol. The highest BCUT2D eigenvalue weighted by Gasteiger charge is 2.17.